The molecule has 0 radical (unpaired) electrons. The zero-order valence-corrected chi connectivity index (χ0v) is 13.6. The maximum Gasteiger partial charge on any atom is 0.543 e. The molecule has 0 saturated carbocycles. The summed E-state index contributed by atoms with van der Waals surface area (Å²) in [5.41, 5.74) is 11.9. The minimum atomic E-state index is -4.65. The highest BCUT2D eigenvalue weighted by molar-refractivity contribution is 7.80. The van der Waals surface area contributed by atoms with E-state index in [1.165, 1.54) is 0 Å². The Labute approximate surface area is 140 Å². The Morgan fingerprint density at radius 2 is 2.08 bits per heavy atom. The molecular formula is C11H12N7O4PS. The Morgan fingerprint density at radius 3 is 2.62 bits per heavy atom. The molecule has 11 nitrogen and oxygen atoms in total. The first-order valence-corrected chi connectivity index (χ1v) is 8.11. The molecule has 0 unspecified atom stereocenters. The van der Waals surface area contributed by atoms with Crippen LogP contribution in [0.3, 0.4) is 0 Å². The lowest BCUT2D eigenvalue weighted by atomic mass is 10.3. The molecule has 0 bridgehead atoms. The highest BCUT2D eigenvalue weighted by Crippen LogP contribution is 2.32. The topological polar surface area (TPSA) is 175 Å². The van der Waals surface area contributed by atoms with Crippen LogP contribution in [0.2, 0.25) is 0 Å². The normalized spacial score (nSPS) is 10.8. The van der Waals surface area contributed by atoms with Gasteiger partial charge in [0.1, 0.15) is 17.6 Å². The van der Waals surface area contributed by atoms with Crippen molar-refractivity contribution in [3.8, 4) is 0 Å². The Bertz CT molecular complexity index is 898. The van der Waals surface area contributed by atoms with Crippen molar-refractivity contribution in [3.63, 3.8) is 0 Å². The molecule has 24 heavy (non-hydrogen) atoms. The lowest BCUT2D eigenvalue weighted by molar-refractivity contribution is 0.183. The minimum absolute atomic E-state index is 0.0887. The SMILES string of the molecule is NC(=S)c1cccnc1.Nc1ncnc2c1ncn2OP(=O)(O)O. The summed E-state index contributed by atoms with van der Waals surface area (Å²) in [4.78, 5) is 32.5. The van der Waals surface area contributed by atoms with Crippen LogP contribution in [0.1, 0.15) is 5.56 Å². The van der Waals surface area contributed by atoms with Gasteiger partial charge in [-0.3, -0.25) is 14.8 Å². The molecule has 13 heteroatoms. The number of hydrogen-bond acceptors (Lipinski definition) is 8. The maximum absolute atomic E-state index is 10.6. The van der Waals surface area contributed by atoms with Crippen LogP contribution in [-0.2, 0) is 4.57 Å². The molecule has 3 rings (SSSR count). The lowest BCUT2D eigenvalue weighted by Crippen LogP contribution is -2.08. The summed E-state index contributed by atoms with van der Waals surface area (Å²) in [7, 11) is -4.65. The van der Waals surface area contributed by atoms with Gasteiger partial charge in [-0.25, -0.2) is 19.5 Å². The third-order valence-electron chi connectivity index (χ3n) is 2.47. The number of imidazole rings is 1. The van der Waals surface area contributed by atoms with E-state index < -0.39 is 7.82 Å². The fraction of sp³-hybridized carbons (Fsp3) is 0. The van der Waals surface area contributed by atoms with E-state index in [9.17, 15) is 4.57 Å². The monoisotopic (exact) mass is 369 g/mol. The second-order valence-electron chi connectivity index (χ2n) is 4.18. The zero-order valence-electron chi connectivity index (χ0n) is 11.9. The van der Waals surface area contributed by atoms with Crippen LogP contribution in [0.15, 0.2) is 37.2 Å². The van der Waals surface area contributed by atoms with E-state index in [4.69, 9.17) is 33.5 Å². The average Bonchev–Trinajstić information content (AvgIpc) is 2.91. The van der Waals surface area contributed by atoms with Gasteiger partial charge >= 0.3 is 7.82 Å². The predicted octanol–water partition coefficient (Wildman–Crippen LogP) is -0.354. The molecule has 0 aliphatic carbocycles. The van der Waals surface area contributed by atoms with E-state index in [0.717, 1.165) is 22.9 Å². The number of nitrogens with zero attached hydrogens (tertiary/aromatic N) is 5. The molecule has 6 N–H and O–H groups in total. The van der Waals surface area contributed by atoms with Crippen LogP contribution in [0.4, 0.5) is 5.82 Å². The van der Waals surface area contributed by atoms with Crippen LogP contribution >= 0.6 is 20.0 Å². The van der Waals surface area contributed by atoms with Gasteiger partial charge in [0.25, 0.3) is 0 Å². The van der Waals surface area contributed by atoms with Crippen molar-refractivity contribution in [1.29, 1.82) is 0 Å². The van der Waals surface area contributed by atoms with Crippen LogP contribution in [0, 0.1) is 0 Å². The summed E-state index contributed by atoms with van der Waals surface area (Å²) in [5, 5.41) is 0. The second kappa shape index (κ2) is 7.27. The fourth-order valence-electron chi connectivity index (χ4n) is 1.52. The van der Waals surface area contributed by atoms with Crippen molar-refractivity contribution in [2.45, 2.75) is 0 Å². The zero-order chi connectivity index (χ0) is 17.7. The average molecular weight is 369 g/mol. The molecule has 3 heterocycles. The number of rotatable bonds is 3. The van der Waals surface area contributed by atoms with Gasteiger partial charge in [0.05, 0.1) is 0 Å². The number of anilines is 1. The van der Waals surface area contributed by atoms with E-state index in [1.807, 2.05) is 6.07 Å². The molecule has 0 aromatic carbocycles. The minimum Gasteiger partial charge on any atom is -0.389 e. The number of thiocarbonyl (C=S) groups is 1. The molecular weight excluding hydrogens is 357 g/mol. The third kappa shape index (κ3) is 4.67. The third-order valence-corrected chi connectivity index (χ3v) is 3.10. The number of fused-ring (bicyclic) bond motifs is 1. The van der Waals surface area contributed by atoms with E-state index in [1.54, 1.807) is 18.5 Å². The lowest BCUT2D eigenvalue weighted by Gasteiger charge is -2.05. The molecule has 126 valence electrons. The van der Waals surface area contributed by atoms with Crippen LogP contribution in [-0.4, -0.2) is 39.4 Å². The largest absolute Gasteiger partial charge is 0.543 e. The number of hydrogen-bond donors (Lipinski definition) is 4. The molecule has 0 atom stereocenters. The first-order chi connectivity index (χ1) is 11.3. The number of nitrogens with two attached hydrogens (primary N) is 2. The van der Waals surface area contributed by atoms with Gasteiger partial charge in [0, 0.05) is 18.0 Å². The summed E-state index contributed by atoms with van der Waals surface area (Å²) < 4.78 is 15.6. The molecule has 0 fully saturated rings. The van der Waals surface area contributed by atoms with Crippen molar-refractivity contribution in [3.05, 3.63) is 42.7 Å². The molecule has 0 aliphatic rings. The first kappa shape index (κ1) is 17.7. The summed E-state index contributed by atoms with van der Waals surface area (Å²) in [6.07, 6.45) is 5.51. The van der Waals surface area contributed by atoms with Crippen molar-refractivity contribution >= 4 is 42.0 Å². The van der Waals surface area contributed by atoms with Crippen molar-refractivity contribution in [2.24, 2.45) is 5.73 Å². The van der Waals surface area contributed by atoms with E-state index in [-0.39, 0.29) is 17.0 Å². The molecule has 3 aromatic heterocycles. The Kier molecular flexibility index (Phi) is 5.36. The quantitative estimate of drug-likeness (QED) is 0.350. The van der Waals surface area contributed by atoms with E-state index >= 15 is 0 Å². The van der Waals surface area contributed by atoms with Gasteiger partial charge in [-0.05, 0) is 12.1 Å². The molecule has 0 saturated heterocycles. The molecule has 0 aliphatic heterocycles. The van der Waals surface area contributed by atoms with Crippen LogP contribution < -0.4 is 16.1 Å². The second-order valence-corrected chi connectivity index (χ2v) is 5.76. The number of phosphoric acid groups is 1. The number of nitrogen functional groups attached to an aromatic ring is 1. The maximum atomic E-state index is 10.6. The van der Waals surface area contributed by atoms with E-state index in [0.29, 0.717) is 4.99 Å². The Morgan fingerprint density at radius 1 is 1.33 bits per heavy atom. The van der Waals surface area contributed by atoms with Gasteiger partial charge in [-0.1, -0.05) is 12.2 Å². The Hall–Kier alpha value is -2.66. The van der Waals surface area contributed by atoms with E-state index in [2.05, 4.69) is 24.6 Å². The predicted molar refractivity (Wildman–Crippen MR) is 88.5 cm³/mol. The van der Waals surface area contributed by atoms with Crippen molar-refractivity contribution < 1.29 is 19.0 Å². The summed E-state index contributed by atoms with van der Waals surface area (Å²) in [6.45, 7) is 0. The van der Waals surface area contributed by atoms with Crippen LogP contribution in [0.25, 0.3) is 11.2 Å². The summed E-state index contributed by atoms with van der Waals surface area (Å²) in [5.74, 6) is 0.105. The van der Waals surface area contributed by atoms with Gasteiger partial charge in [0.15, 0.2) is 11.3 Å². The fourth-order valence-corrected chi connectivity index (χ4v) is 1.98. The summed E-state index contributed by atoms with van der Waals surface area (Å²) in [6, 6.07) is 3.63. The standard InChI is InChI=1S/C6H6N2S.C5H6N5O4P/c7-6(9)5-2-1-3-8-4-5;6-4-3-5(8-1-7-4)10(2-9-3)14-15(11,12)13/h1-4H,(H2,7,9);1-2H,(H2,6,7,8)(H2,11,12,13). The number of pyridine rings is 1. The van der Waals surface area contributed by atoms with Gasteiger partial charge < -0.3 is 16.1 Å². The molecule has 3 aromatic rings. The highest BCUT2D eigenvalue weighted by atomic mass is 32.1. The smallest absolute Gasteiger partial charge is 0.389 e. The van der Waals surface area contributed by atoms with Gasteiger partial charge in [0.2, 0.25) is 5.65 Å². The molecule has 0 spiro atoms. The number of aromatic nitrogens is 5. The van der Waals surface area contributed by atoms with Crippen molar-refractivity contribution in [2.75, 3.05) is 5.73 Å². The summed E-state index contributed by atoms with van der Waals surface area (Å²) >= 11 is 4.70. The van der Waals surface area contributed by atoms with Crippen molar-refractivity contribution in [1.82, 2.24) is 24.7 Å². The molecule has 0 amide bonds. The van der Waals surface area contributed by atoms with Gasteiger partial charge in [-0.2, -0.15) is 0 Å². The first-order valence-electron chi connectivity index (χ1n) is 6.17. The van der Waals surface area contributed by atoms with Crippen LogP contribution in [0.5, 0.6) is 0 Å². The highest BCUT2D eigenvalue weighted by Gasteiger charge is 2.19. The Balaban J connectivity index is 0.000000198. The van der Waals surface area contributed by atoms with Gasteiger partial charge in [-0.15, -0.1) is 4.73 Å².